The number of hydrogen-bond donors (Lipinski definition) is 1. The summed E-state index contributed by atoms with van der Waals surface area (Å²) in [5, 5.41) is 0. The highest BCUT2D eigenvalue weighted by molar-refractivity contribution is 4.97. The standard InChI is InChI=1S/C9H16N2O/c1-8(10)6-11(2)7-9-4-3-5-12-9/h3-5,8H,6-7,10H2,1-2H3. The number of rotatable bonds is 4. The summed E-state index contributed by atoms with van der Waals surface area (Å²) in [5.41, 5.74) is 5.65. The van der Waals surface area contributed by atoms with Crippen LogP contribution in [0.5, 0.6) is 0 Å². The summed E-state index contributed by atoms with van der Waals surface area (Å²) in [7, 11) is 2.03. The smallest absolute Gasteiger partial charge is 0.117 e. The third kappa shape index (κ3) is 3.07. The molecule has 0 aliphatic heterocycles. The van der Waals surface area contributed by atoms with E-state index in [9.17, 15) is 0 Å². The van der Waals surface area contributed by atoms with Crippen molar-refractivity contribution in [1.29, 1.82) is 0 Å². The number of nitrogens with zero attached hydrogens (tertiary/aromatic N) is 1. The molecule has 0 saturated carbocycles. The molecule has 0 aliphatic carbocycles. The molecule has 0 fully saturated rings. The molecule has 1 aromatic rings. The maximum absolute atomic E-state index is 5.65. The second kappa shape index (κ2) is 4.28. The Labute approximate surface area is 73.2 Å². The average molecular weight is 168 g/mol. The van der Waals surface area contributed by atoms with E-state index in [4.69, 9.17) is 10.2 Å². The number of hydrogen-bond acceptors (Lipinski definition) is 3. The van der Waals surface area contributed by atoms with E-state index < -0.39 is 0 Å². The quantitative estimate of drug-likeness (QED) is 0.731. The lowest BCUT2D eigenvalue weighted by Crippen LogP contribution is -2.32. The molecular weight excluding hydrogens is 152 g/mol. The van der Waals surface area contributed by atoms with Crippen molar-refractivity contribution in [2.45, 2.75) is 19.5 Å². The Morgan fingerprint density at radius 1 is 1.67 bits per heavy atom. The average Bonchev–Trinajstić information content (AvgIpc) is 2.37. The van der Waals surface area contributed by atoms with Crippen LogP contribution in [-0.4, -0.2) is 24.5 Å². The Morgan fingerprint density at radius 3 is 2.92 bits per heavy atom. The highest BCUT2D eigenvalue weighted by atomic mass is 16.3. The minimum absolute atomic E-state index is 0.213. The molecule has 3 heteroatoms. The summed E-state index contributed by atoms with van der Waals surface area (Å²) in [6.45, 7) is 3.72. The summed E-state index contributed by atoms with van der Waals surface area (Å²) >= 11 is 0. The van der Waals surface area contributed by atoms with Crippen LogP contribution >= 0.6 is 0 Å². The molecule has 12 heavy (non-hydrogen) atoms. The van der Waals surface area contributed by atoms with Gasteiger partial charge in [0.05, 0.1) is 12.8 Å². The molecule has 3 nitrogen and oxygen atoms in total. The highest BCUT2D eigenvalue weighted by Crippen LogP contribution is 2.03. The van der Waals surface area contributed by atoms with Crippen LogP contribution < -0.4 is 5.73 Å². The second-order valence-electron chi connectivity index (χ2n) is 3.25. The molecule has 0 spiro atoms. The highest BCUT2D eigenvalue weighted by Gasteiger charge is 2.03. The molecule has 1 atom stereocenters. The van der Waals surface area contributed by atoms with Crippen molar-refractivity contribution in [1.82, 2.24) is 4.90 Å². The van der Waals surface area contributed by atoms with Crippen molar-refractivity contribution in [2.24, 2.45) is 5.73 Å². The molecule has 1 unspecified atom stereocenters. The molecule has 1 heterocycles. The maximum Gasteiger partial charge on any atom is 0.117 e. The van der Waals surface area contributed by atoms with E-state index in [0.717, 1.165) is 18.8 Å². The summed E-state index contributed by atoms with van der Waals surface area (Å²) in [6.07, 6.45) is 1.69. The summed E-state index contributed by atoms with van der Waals surface area (Å²) in [4.78, 5) is 2.14. The number of likely N-dealkylation sites (N-methyl/N-ethyl adjacent to an activating group) is 1. The third-order valence-electron chi connectivity index (χ3n) is 1.61. The molecule has 0 aromatic carbocycles. The van der Waals surface area contributed by atoms with Crippen molar-refractivity contribution in [3.05, 3.63) is 24.2 Å². The van der Waals surface area contributed by atoms with Gasteiger partial charge in [-0.2, -0.15) is 0 Å². The minimum atomic E-state index is 0.213. The topological polar surface area (TPSA) is 42.4 Å². The zero-order valence-corrected chi connectivity index (χ0v) is 7.66. The van der Waals surface area contributed by atoms with Gasteiger partial charge in [0, 0.05) is 12.6 Å². The summed E-state index contributed by atoms with van der Waals surface area (Å²) in [5.74, 6) is 0.984. The van der Waals surface area contributed by atoms with Crippen molar-refractivity contribution in [3.63, 3.8) is 0 Å². The van der Waals surface area contributed by atoms with E-state index in [1.807, 2.05) is 26.1 Å². The Hall–Kier alpha value is -0.800. The fourth-order valence-electron chi connectivity index (χ4n) is 1.22. The molecule has 0 radical (unpaired) electrons. The van der Waals surface area contributed by atoms with Gasteiger partial charge in [-0.25, -0.2) is 0 Å². The summed E-state index contributed by atoms with van der Waals surface area (Å²) in [6, 6.07) is 4.08. The van der Waals surface area contributed by atoms with Crippen LogP contribution in [0.3, 0.4) is 0 Å². The van der Waals surface area contributed by atoms with Gasteiger partial charge in [0.25, 0.3) is 0 Å². The fourth-order valence-corrected chi connectivity index (χ4v) is 1.22. The van der Waals surface area contributed by atoms with Crippen LogP contribution in [0.15, 0.2) is 22.8 Å². The van der Waals surface area contributed by atoms with Gasteiger partial charge in [-0.15, -0.1) is 0 Å². The number of furan rings is 1. The molecule has 1 rings (SSSR count). The van der Waals surface area contributed by atoms with E-state index in [-0.39, 0.29) is 6.04 Å². The predicted octanol–water partition coefficient (Wildman–Crippen LogP) is 1.06. The molecule has 0 amide bonds. The molecule has 1 aromatic heterocycles. The molecule has 0 bridgehead atoms. The first-order valence-electron chi connectivity index (χ1n) is 4.15. The lowest BCUT2D eigenvalue weighted by Gasteiger charge is -2.16. The molecule has 0 saturated heterocycles. The van der Waals surface area contributed by atoms with Gasteiger partial charge in [-0.3, -0.25) is 4.90 Å². The van der Waals surface area contributed by atoms with Crippen molar-refractivity contribution < 1.29 is 4.42 Å². The van der Waals surface area contributed by atoms with Crippen LogP contribution in [0.1, 0.15) is 12.7 Å². The van der Waals surface area contributed by atoms with Gasteiger partial charge >= 0.3 is 0 Å². The van der Waals surface area contributed by atoms with Gasteiger partial charge in [-0.1, -0.05) is 0 Å². The van der Waals surface area contributed by atoms with E-state index in [0.29, 0.717) is 0 Å². The van der Waals surface area contributed by atoms with Crippen LogP contribution in [-0.2, 0) is 6.54 Å². The van der Waals surface area contributed by atoms with E-state index >= 15 is 0 Å². The Balaban J connectivity index is 2.32. The van der Waals surface area contributed by atoms with Crippen molar-refractivity contribution in [2.75, 3.05) is 13.6 Å². The van der Waals surface area contributed by atoms with Crippen LogP contribution in [0, 0.1) is 0 Å². The minimum Gasteiger partial charge on any atom is -0.468 e. The van der Waals surface area contributed by atoms with E-state index in [1.165, 1.54) is 0 Å². The monoisotopic (exact) mass is 168 g/mol. The maximum atomic E-state index is 5.65. The molecule has 0 aliphatic rings. The zero-order valence-electron chi connectivity index (χ0n) is 7.66. The van der Waals surface area contributed by atoms with Crippen LogP contribution in [0.25, 0.3) is 0 Å². The van der Waals surface area contributed by atoms with Gasteiger partial charge in [0.2, 0.25) is 0 Å². The molecular formula is C9H16N2O. The Bertz CT molecular complexity index is 206. The van der Waals surface area contributed by atoms with Crippen LogP contribution in [0.4, 0.5) is 0 Å². The largest absolute Gasteiger partial charge is 0.468 e. The van der Waals surface area contributed by atoms with Gasteiger partial charge < -0.3 is 10.2 Å². The van der Waals surface area contributed by atoms with Gasteiger partial charge in [0.1, 0.15) is 5.76 Å². The van der Waals surface area contributed by atoms with Crippen LogP contribution in [0.2, 0.25) is 0 Å². The lowest BCUT2D eigenvalue weighted by molar-refractivity contribution is 0.282. The normalized spacial score (nSPS) is 13.7. The van der Waals surface area contributed by atoms with E-state index in [1.54, 1.807) is 6.26 Å². The molecule has 2 N–H and O–H groups in total. The zero-order chi connectivity index (χ0) is 8.97. The first kappa shape index (κ1) is 9.29. The van der Waals surface area contributed by atoms with Crippen molar-refractivity contribution in [3.8, 4) is 0 Å². The van der Waals surface area contributed by atoms with Crippen molar-refractivity contribution >= 4 is 0 Å². The fraction of sp³-hybridized carbons (Fsp3) is 0.556. The van der Waals surface area contributed by atoms with E-state index in [2.05, 4.69) is 4.90 Å². The first-order valence-corrected chi connectivity index (χ1v) is 4.15. The second-order valence-corrected chi connectivity index (χ2v) is 3.25. The lowest BCUT2D eigenvalue weighted by atomic mass is 10.3. The third-order valence-corrected chi connectivity index (χ3v) is 1.61. The summed E-state index contributed by atoms with van der Waals surface area (Å²) < 4.78 is 5.20. The van der Waals surface area contributed by atoms with Gasteiger partial charge in [-0.05, 0) is 26.1 Å². The number of nitrogens with two attached hydrogens (primary N) is 1. The predicted molar refractivity (Wildman–Crippen MR) is 48.7 cm³/mol. The van der Waals surface area contributed by atoms with Gasteiger partial charge in [0.15, 0.2) is 0 Å². The SMILES string of the molecule is CC(N)CN(C)Cc1ccco1. The Morgan fingerprint density at radius 2 is 2.42 bits per heavy atom. The Kier molecular flexibility index (Phi) is 3.31. The molecule has 68 valence electrons. The first-order chi connectivity index (χ1) is 5.68.